The molecule has 152 valence electrons. The smallest absolute Gasteiger partial charge is 0.315 e. The molecule has 1 aliphatic rings. The SMILES string of the molecule is C=C1Nc2sc(C#N)c(N)c2[C@H](c2ccc(OCCCC)cc2)[C@@H]1C(=O)OCC. The van der Waals surface area contributed by atoms with Crippen LogP contribution in [0.25, 0.3) is 0 Å². The van der Waals surface area contributed by atoms with Crippen molar-refractivity contribution < 1.29 is 14.3 Å². The first-order valence-corrected chi connectivity index (χ1v) is 10.5. The van der Waals surface area contributed by atoms with Crippen LogP contribution in [0.15, 0.2) is 36.5 Å². The highest BCUT2D eigenvalue weighted by atomic mass is 32.1. The van der Waals surface area contributed by atoms with Crippen LogP contribution >= 0.6 is 11.3 Å². The van der Waals surface area contributed by atoms with Gasteiger partial charge < -0.3 is 20.5 Å². The van der Waals surface area contributed by atoms with Crippen LogP contribution < -0.4 is 15.8 Å². The van der Waals surface area contributed by atoms with Gasteiger partial charge in [0.25, 0.3) is 0 Å². The van der Waals surface area contributed by atoms with Gasteiger partial charge in [-0.25, -0.2) is 0 Å². The molecule has 0 spiro atoms. The molecule has 3 rings (SSSR count). The van der Waals surface area contributed by atoms with Crippen molar-refractivity contribution in [3.8, 4) is 11.8 Å². The summed E-state index contributed by atoms with van der Waals surface area (Å²) >= 11 is 1.27. The number of nitrogens with one attached hydrogen (secondary N) is 1. The second-order valence-corrected chi connectivity index (χ2v) is 7.85. The molecule has 2 aromatic rings. The minimum atomic E-state index is -0.641. The lowest BCUT2D eigenvalue weighted by Gasteiger charge is -2.33. The summed E-state index contributed by atoms with van der Waals surface area (Å²) in [6.45, 7) is 8.88. The summed E-state index contributed by atoms with van der Waals surface area (Å²) in [6, 6.07) is 9.79. The molecule has 2 heterocycles. The number of ether oxygens (including phenoxy) is 2. The van der Waals surface area contributed by atoms with Gasteiger partial charge in [-0.15, -0.1) is 11.3 Å². The van der Waals surface area contributed by atoms with Crippen molar-refractivity contribution in [3.63, 3.8) is 0 Å². The van der Waals surface area contributed by atoms with Gasteiger partial charge in [0.1, 0.15) is 22.6 Å². The van der Waals surface area contributed by atoms with E-state index in [1.54, 1.807) is 6.92 Å². The zero-order valence-corrected chi connectivity index (χ0v) is 17.5. The van der Waals surface area contributed by atoms with Crippen LogP contribution in [0.2, 0.25) is 0 Å². The number of esters is 1. The minimum absolute atomic E-state index is 0.273. The Labute approximate surface area is 174 Å². The van der Waals surface area contributed by atoms with E-state index in [4.69, 9.17) is 15.2 Å². The molecule has 0 fully saturated rings. The van der Waals surface area contributed by atoms with Crippen LogP contribution in [0.4, 0.5) is 10.7 Å². The Morgan fingerprint density at radius 1 is 1.34 bits per heavy atom. The zero-order chi connectivity index (χ0) is 21.0. The Hall–Kier alpha value is -2.98. The fourth-order valence-corrected chi connectivity index (χ4v) is 4.51. The molecule has 0 saturated heterocycles. The van der Waals surface area contributed by atoms with E-state index in [-0.39, 0.29) is 18.5 Å². The van der Waals surface area contributed by atoms with Crippen LogP contribution in [0.1, 0.15) is 48.6 Å². The van der Waals surface area contributed by atoms with Gasteiger partial charge in [-0.1, -0.05) is 32.1 Å². The van der Waals surface area contributed by atoms with E-state index in [2.05, 4.69) is 24.9 Å². The normalized spacial score (nSPS) is 17.8. The molecule has 7 heteroatoms. The van der Waals surface area contributed by atoms with Gasteiger partial charge in [0.15, 0.2) is 0 Å². The van der Waals surface area contributed by atoms with E-state index in [0.717, 1.165) is 34.7 Å². The fourth-order valence-electron chi connectivity index (χ4n) is 3.51. The maximum absolute atomic E-state index is 12.8. The number of nitrogen functional groups attached to an aromatic ring is 1. The summed E-state index contributed by atoms with van der Waals surface area (Å²) < 4.78 is 11.1. The van der Waals surface area contributed by atoms with Crippen LogP contribution in [0, 0.1) is 17.2 Å². The summed E-state index contributed by atoms with van der Waals surface area (Å²) in [6.07, 6.45) is 2.06. The summed E-state index contributed by atoms with van der Waals surface area (Å²) in [5, 5.41) is 13.3. The topological polar surface area (TPSA) is 97.4 Å². The van der Waals surface area contributed by atoms with Crippen LogP contribution in [-0.2, 0) is 9.53 Å². The molecule has 1 aliphatic heterocycles. The lowest BCUT2D eigenvalue weighted by atomic mass is 9.77. The molecule has 1 aromatic carbocycles. The second kappa shape index (κ2) is 9.01. The molecule has 0 unspecified atom stereocenters. The first-order chi connectivity index (χ1) is 14.0. The summed E-state index contributed by atoms with van der Waals surface area (Å²) in [4.78, 5) is 13.2. The largest absolute Gasteiger partial charge is 0.494 e. The number of benzene rings is 1. The summed E-state index contributed by atoms with van der Waals surface area (Å²) in [5.74, 6) is -0.620. The Morgan fingerprint density at radius 2 is 2.07 bits per heavy atom. The Balaban J connectivity index is 2.04. The maximum atomic E-state index is 12.8. The Kier molecular flexibility index (Phi) is 6.45. The number of thiophene rings is 1. The van der Waals surface area contributed by atoms with Gasteiger partial charge >= 0.3 is 5.97 Å². The van der Waals surface area contributed by atoms with Crippen LogP contribution in [0.3, 0.4) is 0 Å². The third-order valence-corrected chi connectivity index (χ3v) is 5.97. The molecular formula is C22H25N3O3S. The van der Waals surface area contributed by atoms with E-state index in [0.29, 0.717) is 22.9 Å². The van der Waals surface area contributed by atoms with Crippen molar-refractivity contribution in [1.82, 2.24) is 0 Å². The van der Waals surface area contributed by atoms with Crippen LogP contribution in [-0.4, -0.2) is 19.2 Å². The molecule has 6 nitrogen and oxygen atoms in total. The monoisotopic (exact) mass is 411 g/mol. The predicted octanol–water partition coefficient (Wildman–Crippen LogP) is 4.63. The first kappa shape index (κ1) is 20.7. The number of nitriles is 1. The van der Waals surface area contributed by atoms with Crippen molar-refractivity contribution in [2.24, 2.45) is 5.92 Å². The van der Waals surface area contributed by atoms with Gasteiger partial charge in [0.05, 0.1) is 23.9 Å². The minimum Gasteiger partial charge on any atom is -0.494 e. The van der Waals surface area contributed by atoms with Gasteiger partial charge in [-0.05, 0) is 31.0 Å². The molecule has 0 saturated carbocycles. The van der Waals surface area contributed by atoms with E-state index in [1.165, 1.54) is 11.3 Å². The lowest BCUT2D eigenvalue weighted by Crippen LogP contribution is -2.33. The molecule has 2 atom stereocenters. The number of unbranched alkanes of at least 4 members (excludes halogenated alkanes) is 1. The highest BCUT2D eigenvalue weighted by Gasteiger charge is 2.42. The molecule has 0 amide bonds. The summed E-state index contributed by atoms with van der Waals surface area (Å²) in [5.41, 5.74) is 8.87. The van der Waals surface area contributed by atoms with Gasteiger partial charge in [-0.3, -0.25) is 4.79 Å². The highest BCUT2D eigenvalue weighted by molar-refractivity contribution is 7.17. The van der Waals surface area contributed by atoms with E-state index < -0.39 is 5.92 Å². The molecule has 29 heavy (non-hydrogen) atoms. The number of carbonyl (C=O) groups excluding carboxylic acids is 1. The number of carbonyl (C=O) groups is 1. The van der Waals surface area contributed by atoms with Gasteiger partial charge in [0, 0.05) is 17.2 Å². The number of fused-ring (bicyclic) bond motifs is 1. The zero-order valence-electron chi connectivity index (χ0n) is 16.7. The average Bonchev–Trinajstić information content (AvgIpc) is 3.03. The van der Waals surface area contributed by atoms with Crippen molar-refractivity contribution in [2.75, 3.05) is 24.3 Å². The average molecular weight is 412 g/mol. The van der Waals surface area contributed by atoms with Crippen molar-refractivity contribution in [2.45, 2.75) is 32.6 Å². The second-order valence-electron chi connectivity index (χ2n) is 6.83. The van der Waals surface area contributed by atoms with E-state index >= 15 is 0 Å². The van der Waals surface area contributed by atoms with Crippen LogP contribution in [0.5, 0.6) is 5.75 Å². The maximum Gasteiger partial charge on any atom is 0.315 e. The standard InChI is InChI=1S/C22H25N3O3S/c1-4-6-11-28-15-9-7-14(8-10-15)18-17(22(26)27-5-2)13(3)25-21-19(18)20(24)16(12-23)29-21/h7-10,17-18,25H,3-6,11,24H2,1-2H3/t17-,18-/m1/s1. The molecular weight excluding hydrogens is 386 g/mol. The molecule has 1 aromatic heterocycles. The number of hydrogen-bond acceptors (Lipinski definition) is 7. The Bertz CT molecular complexity index is 943. The highest BCUT2D eigenvalue weighted by Crippen LogP contribution is 2.51. The quantitative estimate of drug-likeness (QED) is 0.509. The van der Waals surface area contributed by atoms with E-state index in [1.807, 2.05) is 24.3 Å². The number of nitrogens with zero attached hydrogens (tertiary/aromatic N) is 1. The number of nitrogens with two attached hydrogens (primary N) is 1. The molecule has 0 radical (unpaired) electrons. The lowest BCUT2D eigenvalue weighted by molar-refractivity contribution is -0.147. The molecule has 3 N–H and O–H groups in total. The fraction of sp³-hybridized carbons (Fsp3) is 0.364. The summed E-state index contributed by atoms with van der Waals surface area (Å²) in [7, 11) is 0. The van der Waals surface area contributed by atoms with Crippen molar-refractivity contribution >= 4 is 28.0 Å². The third-order valence-electron chi connectivity index (χ3n) is 4.93. The predicted molar refractivity (Wildman–Crippen MR) is 115 cm³/mol. The number of hydrogen-bond donors (Lipinski definition) is 2. The van der Waals surface area contributed by atoms with E-state index in [9.17, 15) is 10.1 Å². The van der Waals surface area contributed by atoms with Crippen molar-refractivity contribution in [1.29, 1.82) is 5.26 Å². The first-order valence-electron chi connectivity index (χ1n) is 9.69. The third kappa shape index (κ3) is 4.08. The van der Waals surface area contributed by atoms with Crippen molar-refractivity contribution in [3.05, 3.63) is 52.5 Å². The molecule has 0 bridgehead atoms. The van der Waals surface area contributed by atoms with Gasteiger partial charge in [-0.2, -0.15) is 5.26 Å². The number of anilines is 2. The molecule has 0 aliphatic carbocycles. The Morgan fingerprint density at radius 3 is 2.69 bits per heavy atom. The number of rotatable bonds is 7. The van der Waals surface area contributed by atoms with Gasteiger partial charge in [0.2, 0.25) is 0 Å².